The predicted octanol–water partition coefficient (Wildman–Crippen LogP) is 1.87. The van der Waals surface area contributed by atoms with Crippen molar-refractivity contribution in [3.63, 3.8) is 0 Å². The van der Waals surface area contributed by atoms with Crippen LogP contribution in [0.4, 0.5) is 13.2 Å². The summed E-state index contributed by atoms with van der Waals surface area (Å²) in [5, 5.41) is 8.51. The van der Waals surface area contributed by atoms with Crippen LogP contribution in [0.1, 0.15) is 15.9 Å². The summed E-state index contributed by atoms with van der Waals surface area (Å²) in [7, 11) is 0. The number of halogens is 3. The van der Waals surface area contributed by atoms with Gasteiger partial charge in [-0.15, -0.1) is 0 Å². The van der Waals surface area contributed by atoms with Crippen LogP contribution >= 0.6 is 0 Å². The average Bonchev–Trinajstić information content (AvgIpc) is 2.20. The Morgan fingerprint density at radius 3 is 2.59 bits per heavy atom. The van der Waals surface area contributed by atoms with Crippen molar-refractivity contribution >= 4 is 12.3 Å². The zero-order valence-electron chi connectivity index (χ0n) is 8.32. The highest BCUT2D eigenvalue weighted by molar-refractivity contribution is 5.78. The fourth-order valence-electron chi connectivity index (χ4n) is 1.21. The second kappa shape index (κ2) is 5.33. The highest BCUT2D eigenvalue weighted by Gasteiger charge is 2.16. The van der Waals surface area contributed by atoms with Gasteiger partial charge in [0.15, 0.2) is 6.29 Å². The summed E-state index contributed by atoms with van der Waals surface area (Å²) in [5.41, 5.74) is -0.740. The van der Waals surface area contributed by atoms with Gasteiger partial charge in [-0.2, -0.15) is 8.78 Å². The molecule has 1 aromatic carbocycles. The Balaban J connectivity index is 3.20. The summed E-state index contributed by atoms with van der Waals surface area (Å²) in [5.74, 6) is -2.84. The molecule has 0 aromatic heterocycles. The molecule has 0 unspecified atom stereocenters. The van der Waals surface area contributed by atoms with Crippen molar-refractivity contribution < 1.29 is 32.6 Å². The van der Waals surface area contributed by atoms with Crippen LogP contribution in [0.2, 0.25) is 0 Å². The van der Waals surface area contributed by atoms with E-state index in [-0.39, 0.29) is 11.8 Å². The number of alkyl halides is 2. The summed E-state index contributed by atoms with van der Waals surface area (Å²) < 4.78 is 41.2. The van der Waals surface area contributed by atoms with Gasteiger partial charge < -0.3 is 9.84 Å². The maximum Gasteiger partial charge on any atom is 0.387 e. The van der Waals surface area contributed by atoms with Crippen LogP contribution in [-0.4, -0.2) is 24.0 Å². The van der Waals surface area contributed by atoms with E-state index in [1.807, 2.05) is 0 Å². The van der Waals surface area contributed by atoms with E-state index in [1.54, 1.807) is 0 Å². The number of ether oxygens (including phenoxy) is 1. The molecule has 7 heteroatoms. The van der Waals surface area contributed by atoms with Crippen LogP contribution < -0.4 is 4.74 Å². The first kappa shape index (κ1) is 13.0. The van der Waals surface area contributed by atoms with Crippen molar-refractivity contribution in [1.29, 1.82) is 0 Å². The Hall–Kier alpha value is -2.05. The third kappa shape index (κ3) is 3.47. The molecule has 0 aliphatic heterocycles. The number of aliphatic carboxylic acids is 1. The molecule has 0 aliphatic rings. The quantitative estimate of drug-likeness (QED) is 0.808. The Morgan fingerprint density at radius 1 is 1.47 bits per heavy atom. The molecule has 1 N–H and O–H groups in total. The van der Waals surface area contributed by atoms with Crippen LogP contribution in [0, 0.1) is 5.82 Å². The smallest absolute Gasteiger partial charge is 0.387 e. The van der Waals surface area contributed by atoms with Gasteiger partial charge in [-0.1, -0.05) is 0 Å². The molecule has 0 aliphatic carbocycles. The van der Waals surface area contributed by atoms with Crippen molar-refractivity contribution in [3.05, 3.63) is 29.1 Å². The van der Waals surface area contributed by atoms with E-state index in [0.717, 1.165) is 6.07 Å². The molecule has 0 fully saturated rings. The van der Waals surface area contributed by atoms with Crippen LogP contribution in [0.15, 0.2) is 12.1 Å². The van der Waals surface area contributed by atoms with Crippen LogP contribution in [0.5, 0.6) is 5.75 Å². The number of benzene rings is 1. The van der Waals surface area contributed by atoms with Gasteiger partial charge in [-0.25, -0.2) is 4.39 Å². The highest BCUT2D eigenvalue weighted by atomic mass is 19.3. The Morgan fingerprint density at radius 2 is 2.12 bits per heavy atom. The largest absolute Gasteiger partial charge is 0.481 e. The molecule has 1 rings (SSSR count). The van der Waals surface area contributed by atoms with Gasteiger partial charge in [0.2, 0.25) is 0 Å². The highest BCUT2D eigenvalue weighted by Crippen LogP contribution is 2.24. The summed E-state index contributed by atoms with van der Waals surface area (Å²) in [4.78, 5) is 20.8. The van der Waals surface area contributed by atoms with Gasteiger partial charge in [-0.05, 0) is 12.1 Å². The van der Waals surface area contributed by atoms with E-state index >= 15 is 0 Å². The zero-order valence-corrected chi connectivity index (χ0v) is 8.32. The normalized spacial score (nSPS) is 10.4. The molecule has 17 heavy (non-hydrogen) atoms. The molecular formula is C10H7F3O4. The Kier molecular flexibility index (Phi) is 4.08. The van der Waals surface area contributed by atoms with Crippen molar-refractivity contribution in [1.82, 2.24) is 0 Å². The lowest BCUT2D eigenvalue weighted by molar-refractivity contribution is -0.136. The molecular weight excluding hydrogens is 241 g/mol. The molecule has 0 amide bonds. The van der Waals surface area contributed by atoms with Crippen LogP contribution in [0.25, 0.3) is 0 Å². The van der Waals surface area contributed by atoms with Crippen molar-refractivity contribution in [2.45, 2.75) is 13.0 Å². The molecule has 92 valence electrons. The van der Waals surface area contributed by atoms with Gasteiger partial charge in [0.25, 0.3) is 0 Å². The van der Waals surface area contributed by atoms with Gasteiger partial charge in [0.1, 0.15) is 11.6 Å². The fraction of sp³-hybridized carbons (Fsp3) is 0.200. The van der Waals surface area contributed by atoms with E-state index < -0.39 is 36.1 Å². The summed E-state index contributed by atoms with van der Waals surface area (Å²) in [6.45, 7) is -3.19. The van der Waals surface area contributed by atoms with Gasteiger partial charge >= 0.3 is 12.6 Å². The van der Waals surface area contributed by atoms with E-state index in [1.165, 1.54) is 0 Å². The molecule has 0 saturated heterocycles. The van der Waals surface area contributed by atoms with Crippen molar-refractivity contribution in [2.75, 3.05) is 0 Å². The molecule has 0 bridgehead atoms. The molecule has 4 nitrogen and oxygen atoms in total. The van der Waals surface area contributed by atoms with Gasteiger partial charge in [-0.3, -0.25) is 9.59 Å². The topological polar surface area (TPSA) is 63.6 Å². The molecule has 0 radical (unpaired) electrons. The minimum atomic E-state index is -3.19. The third-order valence-corrected chi connectivity index (χ3v) is 1.86. The Labute approximate surface area is 93.6 Å². The van der Waals surface area contributed by atoms with E-state index in [0.29, 0.717) is 6.07 Å². The minimum Gasteiger partial charge on any atom is -0.481 e. The first-order valence-electron chi connectivity index (χ1n) is 4.38. The monoisotopic (exact) mass is 248 g/mol. The molecule has 0 saturated carbocycles. The predicted molar refractivity (Wildman–Crippen MR) is 49.8 cm³/mol. The average molecular weight is 248 g/mol. The van der Waals surface area contributed by atoms with E-state index in [4.69, 9.17) is 5.11 Å². The maximum atomic E-state index is 13.2. The summed E-state index contributed by atoms with van der Waals surface area (Å²) in [6, 6.07) is 1.43. The van der Waals surface area contributed by atoms with Crippen LogP contribution in [0.3, 0.4) is 0 Å². The van der Waals surface area contributed by atoms with Gasteiger partial charge in [0, 0.05) is 5.56 Å². The maximum absolute atomic E-state index is 13.2. The third-order valence-electron chi connectivity index (χ3n) is 1.86. The Bertz CT molecular complexity index is 445. The lowest BCUT2D eigenvalue weighted by Gasteiger charge is -2.10. The fourth-order valence-corrected chi connectivity index (χ4v) is 1.21. The first-order chi connectivity index (χ1) is 7.93. The number of carboxylic acids is 1. The molecule has 0 atom stereocenters. The number of rotatable bonds is 5. The number of hydrogen-bond acceptors (Lipinski definition) is 3. The van der Waals surface area contributed by atoms with Crippen LogP contribution in [-0.2, 0) is 11.2 Å². The van der Waals surface area contributed by atoms with Crippen molar-refractivity contribution in [2.24, 2.45) is 0 Å². The number of hydrogen-bond donors (Lipinski definition) is 1. The number of aldehydes is 1. The minimum absolute atomic E-state index is 0.123. The van der Waals surface area contributed by atoms with Crippen molar-refractivity contribution in [3.8, 4) is 5.75 Å². The van der Waals surface area contributed by atoms with E-state index in [9.17, 15) is 22.8 Å². The standard InChI is InChI=1S/C10H7F3O4/c11-7-1-5(3-9(15)16)8(17-10(12)13)2-6(7)4-14/h1-2,4,10H,3H2,(H,15,16). The summed E-state index contributed by atoms with van der Waals surface area (Å²) >= 11 is 0. The first-order valence-corrected chi connectivity index (χ1v) is 4.38. The molecule has 1 aromatic rings. The lowest BCUT2D eigenvalue weighted by atomic mass is 10.1. The van der Waals surface area contributed by atoms with Gasteiger partial charge in [0.05, 0.1) is 12.0 Å². The molecule has 0 heterocycles. The lowest BCUT2D eigenvalue weighted by Crippen LogP contribution is -2.09. The number of carboxylic acid groups (broad SMARTS) is 1. The number of carbonyl (C=O) groups excluding carboxylic acids is 1. The molecule has 0 spiro atoms. The number of carbonyl (C=O) groups is 2. The van der Waals surface area contributed by atoms with E-state index in [2.05, 4.69) is 4.74 Å². The second-order valence-corrected chi connectivity index (χ2v) is 3.05. The zero-order chi connectivity index (χ0) is 13.0. The summed E-state index contributed by atoms with van der Waals surface area (Å²) in [6.07, 6.45) is -0.559. The second-order valence-electron chi connectivity index (χ2n) is 3.05. The SMILES string of the molecule is O=Cc1cc(OC(F)F)c(CC(=O)O)cc1F.